The first-order valence-corrected chi connectivity index (χ1v) is 6.77. The topological polar surface area (TPSA) is 32.3 Å². The van der Waals surface area contributed by atoms with Crippen LogP contribution in [0.2, 0.25) is 0 Å². The molecule has 1 heterocycles. The summed E-state index contributed by atoms with van der Waals surface area (Å²) in [7, 11) is 0. The lowest BCUT2D eigenvalue weighted by Crippen LogP contribution is -2.41. The van der Waals surface area contributed by atoms with Crippen LogP contribution in [0.1, 0.15) is 26.7 Å². The molecule has 1 saturated heterocycles. The van der Waals surface area contributed by atoms with Crippen molar-refractivity contribution in [2.75, 3.05) is 18.4 Å². The fraction of sp³-hybridized carbons (Fsp3) is 0.533. The molecule has 1 fully saturated rings. The predicted octanol–water partition coefficient (Wildman–Crippen LogP) is 2.75. The Morgan fingerprint density at radius 2 is 1.83 bits per heavy atom. The smallest absolute Gasteiger partial charge is 0.227 e. The number of nitrogens with zero attached hydrogens (tertiary/aromatic N) is 1. The molecule has 3 nitrogen and oxygen atoms in total. The molecule has 0 saturated carbocycles. The molecule has 1 aromatic rings. The van der Waals surface area contributed by atoms with Crippen molar-refractivity contribution in [1.82, 2.24) is 4.90 Å². The van der Waals surface area contributed by atoms with E-state index in [1.165, 1.54) is 0 Å². The maximum Gasteiger partial charge on any atom is 0.227 e. The molecule has 1 amide bonds. The summed E-state index contributed by atoms with van der Waals surface area (Å²) in [5.74, 6) is 0.338. The maximum absolute atomic E-state index is 12.1. The first-order chi connectivity index (χ1) is 8.66. The van der Waals surface area contributed by atoms with E-state index in [-0.39, 0.29) is 11.8 Å². The summed E-state index contributed by atoms with van der Waals surface area (Å²) < 4.78 is 0. The molecule has 0 bridgehead atoms. The van der Waals surface area contributed by atoms with Crippen molar-refractivity contribution in [2.45, 2.75) is 32.7 Å². The van der Waals surface area contributed by atoms with E-state index >= 15 is 0 Å². The lowest BCUT2D eigenvalue weighted by molar-refractivity contribution is -0.121. The molecule has 3 heteroatoms. The van der Waals surface area contributed by atoms with Gasteiger partial charge < -0.3 is 10.2 Å². The third kappa shape index (κ3) is 3.33. The molecule has 0 aromatic heterocycles. The van der Waals surface area contributed by atoms with Gasteiger partial charge in [0.15, 0.2) is 0 Å². The molecule has 0 radical (unpaired) electrons. The molecule has 0 atom stereocenters. The quantitative estimate of drug-likeness (QED) is 0.889. The average Bonchev–Trinajstić information content (AvgIpc) is 2.40. The standard InChI is InChI=1S/C15H22N2O/c1-12(2)17-10-8-13(9-11-17)15(18)16-14-6-4-3-5-7-14/h3-7,12-13H,8-11H2,1-2H3,(H,16,18). The highest BCUT2D eigenvalue weighted by Crippen LogP contribution is 2.20. The molecule has 1 aliphatic rings. The highest BCUT2D eigenvalue weighted by atomic mass is 16.1. The van der Waals surface area contributed by atoms with Crippen molar-refractivity contribution in [3.8, 4) is 0 Å². The lowest BCUT2D eigenvalue weighted by atomic mass is 9.95. The van der Waals surface area contributed by atoms with Crippen molar-refractivity contribution in [1.29, 1.82) is 0 Å². The Labute approximate surface area is 109 Å². The number of para-hydroxylation sites is 1. The fourth-order valence-corrected chi connectivity index (χ4v) is 2.44. The van der Waals surface area contributed by atoms with Crippen LogP contribution in [0.25, 0.3) is 0 Å². The number of carbonyl (C=O) groups excluding carboxylic acids is 1. The summed E-state index contributed by atoms with van der Waals surface area (Å²) in [5, 5.41) is 3.00. The van der Waals surface area contributed by atoms with E-state index < -0.39 is 0 Å². The minimum absolute atomic E-state index is 0.167. The van der Waals surface area contributed by atoms with E-state index in [1.807, 2.05) is 30.3 Å². The molecule has 0 aliphatic carbocycles. The fourth-order valence-electron chi connectivity index (χ4n) is 2.44. The number of likely N-dealkylation sites (tertiary alicyclic amines) is 1. The second kappa shape index (κ2) is 6.01. The normalized spacial score (nSPS) is 17.9. The Bertz CT molecular complexity index is 381. The van der Waals surface area contributed by atoms with Crippen LogP contribution in [0.4, 0.5) is 5.69 Å². The summed E-state index contributed by atoms with van der Waals surface area (Å²) in [5.41, 5.74) is 0.897. The SMILES string of the molecule is CC(C)N1CCC(C(=O)Nc2ccccc2)CC1. The molecule has 1 aliphatic heterocycles. The number of benzene rings is 1. The number of hydrogen-bond acceptors (Lipinski definition) is 2. The summed E-state index contributed by atoms with van der Waals surface area (Å²) in [4.78, 5) is 14.6. The molecule has 18 heavy (non-hydrogen) atoms. The zero-order valence-electron chi connectivity index (χ0n) is 11.2. The second-order valence-corrected chi connectivity index (χ2v) is 5.26. The van der Waals surface area contributed by atoms with Crippen molar-refractivity contribution in [3.05, 3.63) is 30.3 Å². The van der Waals surface area contributed by atoms with E-state index in [1.54, 1.807) is 0 Å². The predicted molar refractivity (Wildman–Crippen MR) is 74.5 cm³/mol. The van der Waals surface area contributed by atoms with Crippen LogP contribution in [0.3, 0.4) is 0 Å². The highest BCUT2D eigenvalue weighted by molar-refractivity contribution is 5.92. The molecule has 1 N–H and O–H groups in total. The summed E-state index contributed by atoms with van der Waals surface area (Å²) in [6, 6.07) is 10.3. The molecule has 1 aromatic carbocycles. The Balaban J connectivity index is 1.85. The summed E-state index contributed by atoms with van der Waals surface area (Å²) >= 11 is 0. The first kappa shape index (κ1) is 13.1. The van der Waals surface area contributed by atoms with E-state index in [0.717, 1.165) is 31.6 Å². The molecular weight excluding hydrogens is 224 g/mol. The van der Waals surface area contributed by atoms with Gasteiger partial charge in [-0.05, 0) is 51.9 Å². The van der Waals surface area contributed by atoms with Crippen molar-refractivity contribution in [3.63, 3.8) is 0 Å². The average molecular weight is 246 g/mol. The number of nitrogens with one attached hydrogen (secondary N) is 1. The Hall–Kier alpha value is -1.35. The molecular formula is C15H22N2O. The van der Waals surface area contributed by atoms with E-state index in [9.17, 15) is 4.79 Å². The third-order valence-corrected chi connectivity index (χ3v) is 3.67. The molecule has 0 spiro atoms. The Kier molecular flexibility index (Phi) is 4.37. The maximum atomic E-state index is 12.1. The van der Waals surface area contributed by atoms with Crippen LogP contribution in [0.5, 0.6) is 0 Å². The minimum Gasteiger partial charge on any atom is -0.326 e. The van der Waals surface area contributed by atoms with Gasteiger partial charge in [-0.15, -0.1) is 0 Å². The lowest BCUT2D eigenvalue weighted by Gasteiger charge is -2.33. The number of anilines is 1. The summed E-state index contributed by atoms with van der Waals surface area (Å²) in [6.07, 6.45) is 1.94. The van der Waals surface area contributed by atoms with Gasteiger partial charge in [-0.1, -0.05) is 18.2 Å². The number of hydrogen-bond donors (Lipinski definition) is 1. The minimum atomic E-state index is 0.167. The van der Waals surface area contributed by atoms with Crippen molar-refractivity contribution >= 4 is 11.6 Å². The highest BCUT2D eigenvalue weighted by Gasteiger charge is 2.25. The molecule has 0 unspecified atom stereocenters. The van der Waals surface area contributed by atoms with Gasteiger partial charge in [0, 0.05) is 17.6 Å². The van der Waals surface area contributed by atoms with Crippen LogP contribution in [0.15, 0.2) is 30.3 Å². The summed E-state index contributed by atoms with van der Waals surface area (Å²) in [6.45, 7) is 6.49. The van der Waals surface area contributed by atoms with Gasteiger partial charge in [-0.3, -0.25) is 4.79 Å². The largest absolute Gasteiger partial charge is 0.326 e. The zero-order chi connectivity index (χ0) is 13.0. The van der Waals surface area contributed by atoms with Crippen molar-refractivity contribution < 1.29 is 4.79 Å². The van der Waals surface area contributed by atoms with Crippen LogP contribution < -0.4 is 5.32 Å². The third-order valence-electron chi connectivity index (χ3n) is 3.67. The van der Waals surface area contributed by atoms with Gasteiger partial charge in [0.05, 0.1) is 0 Å². The number of carbonyl (C=O) groups is 1. The van der Waals surface area contributed by atoms with Crippen LogP contribution >= 0.6 is 0 Å². The monoisotopic (exact) mass is 246 g/mol. The van der Waals surface area contributed by atoms with Crippen LogP contribution in [-0.4, -0.2) is 29.9 Å². The second-order valence-electron chi connectivity index (χ2n) is 5.26. The number of rotatable bonds is 3. The first-order valence-electron chi connectivity index (χ1n) is 6.77. The van der Waals surface area contributed by atoms with E-state index in [4.69, 9.17) is 0 Å². The Morgan fingerprint density at radius 1 is 1.22 bits per heavy atom. The molecule has 98 valence electrons. The molecule has 2 rings (SSSR count). The van der Waals surface area contributed by atoms with Gasteiger partial charge in [-0.2, -0.15) is 0 Å². The van der Waals surface area contributed by atoms with Gasteiger partial charge in [0.25, 0.3) is 0 Å². The number of amides is 1. The van der Waals surface area contributed by atoms with E-state index in [0.29, 0.717) is 6.04 Å². The van der Waals surface area contributed by atoms with Gasteiger partial charge in [-0.25, -0.2) is 0 Å². The van der Waals surface area contributed by atoms with Gasteiger partial charge in [0.2, 0.25) is 5.91 Å². The zero-order valence-corrected chi connectivity index (χ0v) is 11.2. The van der Waals surface area contributed by atoms with Gasteiger partial charge in [0.1, 0.15) is 0 Å². The van der Waals surface area contributed by atoms with Crippen molar-refractivity contribution in [2.24, 2.45) is 5.92 Å². The van der Waals surface area contributed by atoms with Crippen LogP contribution in [0, 0.1) is 5.92 Å². The number of piperidine rings is 1. The van der Waals surface area contributed by atoms with Crippen LogP contribution in [-0.2, 0) is 4.79 Å². The van der Waals surface area contributed by atoms with E-state index in [2.05, 4.69) is 24.1 Å². The van der Waals surface area contributed by atoms with Gasteiger partial charge >= 0.3 is 0 Å². The Morgan fingerprint density at radius 3 is 2.39 bits per heavy atom.